The highest BCUT2D eigenvalue weighted by atomic mass is 15.2. The molecule has 1 aromatic carbocycles. The number of nitrogens with one attached hydrogen (secondary N) is 1. The average molecular weight is 271 g/mol. The van der Waals surface area contributed by atoms with E-state index in [-0.39, 0.29) is 0 Å². The molecule has 0 amide bonds. The third-order valence-electron chi connectivity index (χ3n) is 4.53. The van der Waals surface area contributed by atoms with E-state index in [1.54, 1.807) is 0 Å². The maximum atomic E-state index is 9.74. The van der Waals surface area contributed by atoms with Gasteiger partial charge in [0.2, 0.25) is 0 Å². The predicted octanol–water partition coefficient (Wildman–Crippen LogP) is 2.75. The van der Waals surface area contributed by atoms with Gasteiger partial charge in [-0.25, -0.2) is 0 Å². The van der Waals surface area contributed by atoms with Crippen molar-refractivity contribution in [1.82, 2.24) is 10.2 Å². The van der Waals surface area contributed by atoms with Gasteiger partial charge in [0.25, 0.3) is 0 Å². The lowest BCUT2D eigenvalue weighted by molar-refractivity contribution is 0.142. The Morgan fingerprint density at radius 3 is 2.75 bits per heavy atom. The highest BCUT2D eigenvalue weighted by Crippen LogP contribution is 2.25. The van der Waals surface area contributed by atoms with Gasteiger partial charge in [-0.05, 0) is 37.9 Å². The van der Waals surface area contributed by atoms with E-state index in [0.29, 0.717) is 0 Å². The number of likely N-dealkylation sites (N-methyl/N-ethyl adjacent to an activating group) is 1. The van der Waals surface area contributed by atoms with E-state index in [0.717, 1.165) is 31.1 Å². The van der Waals surface area contributed by atoms with Crippen molar-refractivity contribution in [2.24, 2.45) is 5.92 Å². The molecule has 1 fully saturated rings. The second kappa shape index (κ2) is 6.88. The quantitative estimate of drug-likeness (QED) is 0.895. The van der Waals surface area contributed by atoms with Gasteiger partial charge in [-0.15, -0.1) is 0 Å². The molecular weight excluding hydrogens is 246 g/mol. The van der Waals surface area contributed by atoms with Crippen molar-refractivity contribution >= 4 is 0 Å². The molecule has 1 aromatic rings. The summed E-state index contributed by atoms with van der Waals surface area (Å²) in [5, 5.41) is 13.0. The molecule has 1 aliphatic heterocycles. The number of piperidine rings is 1. The molecule has 0 radical (unpaired) electrons. The Hall–Kier alpha value is -1.37. The fourth-order valence-electron chi connectivity index (χ4n) is 3.16. The first-order chi connectivity index (χ1) is 9.74. The van der Waals surface area contributed by atoms with Gasteiger partial charge < -0.3 is 0 Å². The highest BCUT2D eigenvalue weighted by molar-refractivity contribution is 5.32. The summed E-state index contributed by atoms with van der Waals surface area (Å²) in [6.45, 7) is 5.25. The number of hydrogen-bond acceptors (Lipinski definition) is 3. The largest absolute Gasteiger partial charge is 0.300 e. The Kier molecular flexibility index (Phi) is 5.17. The molecule has 0 aromatic heterocycles. The van der Waals surface area contributed by atoms with Crippen LogP contribution in [0.3, 0.4) is 0 Å². The molecule has 3 nitrogen and oxygen atoms in total. The standard InChI is InChI=1S/C17H25N3/c1-3-15-8-7-11-20(12-15)14-17(13-18,19-2)16-9-5-4-6-10-16/h4-6,9-10,15,19H,3,7-8,11-12,14H2,1-2H3. The maximum Gasteiger partial charge on any atom is 0.144 e. The smallest absolute Gasteiger partial charge is 0.144 e. The topological polar surface area (TPSA) is 39.1 Å². The van der Waals surface area contributed by atoms with Crippen LogP contribution in [0.4, 0.5) is 0 Å². The first kappa shape index (κ1) is 15.0. The molecule has 3 heteroatoms. The van der Waals surface area contributed by atoms with Crippen molar-refractivity contribution in [1.29, 1.82) is 5.26 Å². The van der Waals surface area contributed by atoms with Gasteiger partial charge in [0.05, 0.1) is 6.07 Å². The number of nitrogens with zero attached hydrogens (tertiary/aromatic N) is 2. The fraction of sp³-hybridized carbons (Fsp3) is 0.588. The van der Waals surface area contributed by atoms with E-state index in [9.17, 15) is 5.26 Å². The Morgan fingerprint density at radius 1 is 1.40 bits per heavy atom. The van der Waals surface area contributed by atoms with Gasteiger partial charge in [-0.1, -0.05) is 43.7 Å². The Bertz CT molecular complexity index is 451. The zero-order valence-electron chi connectivity index (χ0n) is 12.6. The molecule has 2 atom stereocenters. The van der Waals surface area contributed by atoms with Crippen LogP contribution < -0.4 is 5.32 Å². The summed E-state index contributed by atoms with van der Waals surface area (Å²) in [5.74, 6) is 0.785. The highest BCUT2D eigenvalue weighted by Gasteiger charge is 2.34. The number of benzene rings is 1. The van der Waals surface area contributed by atoms with Crippen LogP contribution in [0.5, 0.6) is 0 Å². The SMILES string of the molecule is CCC1CCCN(CC(C#N)(NC)c2ccccc2)C1. The monoisotopic (exact) mass is 271 g/mol. The van der Waals surface area contributed by atoms with Gasteiger partial charge in [-0.3, -0.25) is 10.2 Å². The summed E-state index contributed by atoms with van der Waals surface area (Å²) < 4.78 is 0. The lowest BCUT2D eigenvalue weighted by Crippen LogP contribution is -2.51. The first-order valence-corrected chi connectivity index (χ1v) is 7.62. The van der Waals surface area contributed by atoms with Crippen LogP contribution in [0.1, 0.15) is 31.7 Å². The molecule has 1 saturated heterocycles. The molecule has 1 N–H and O–H groups in total. The number of likely N-dealkylation sites (tertiary alicyclic amines) is 1. The third-order valence-corrected chi connectivity index (χ3v) is 4.53. The zero-order valence-corrected chi connectivity index (χ0v) is 12.6. The summed E-state index contributed by atoms with van der Waals surface area (Å²) in [7, 11) is 1.89. The minimum Gasteiger partial charge on any atom is -0.300 e. The van der Waals surface area contributed by atoms with Gasteiger partial charge in [0.15, 0.2) is 0 Å². The van der Waals surface area contributed by atoms with Gasteiger partial charge in [0.1, 0.15) is 5.54 Å². The number of nitriles is 1. The van der Waals surface area contributed by atoms with Gasteiger partial charge >= 0.3 is 0 Å². The average Bonchev–Trinajstić information content (AvgIpc) is 2.54. The molecule has 0 spiro atoms. The molecule has 108 valence electrons. The van der Waals surface area contributed by atoms with Crippen molar-refractivity contribution in [3.63, 3.8) is 0 Å². The van der Waals surface area contributed by atoms with E-state index in [2.05, 4.69) is 23.2 Å². The Morgan fingerprint density at radius 2 is 2.15 bits per heavy atom. The van der Waals surface area contributed by atoms with Crippen LogP contribution >= 0.6 is 0 Å². The third kappa shape index (κ3) is 3.20. The second-order valence-corrected chi connectivity index (χ2v) is 5.78. The summed E-state index contributed by atoms with van der Waals surface area (Å²) >= 11 is 0. The summed E-state index contributed by atoms with van der Waals surface area (Å²) in [6, 6.07) is 12.6. The van der Waals surface area contributed by atoms with E-state index in [1.165, 1.54) is 19.3 Å². The molecule has 2 unspecified atom stereocenters. The lowest BCUT2D eigenvalue weighted by Gasteiger charge is -2.38. The number of hydrogen-bond donors (Lipinski definition) is 1. The normalized spacial score (nSPS) is 22.9. The van der Waals surface area contributed by atoms with Crippen LogP contribution in [0.25, 0.3) is 0 Å². The molecular formula is C17H25N3. The van der Waals surface area contributed by atoms with Crippen molar-refractivity contribution in [3.8, 4) is 6.07 Å². The molecule has 2 rings (SSSR count). The maximum absolute atomic E-state index is 9.74. The molecule has 1 heterocycles. The van der Waals surface area contributed by atoms with Crippen LogP contribution in [0.15, 0.2) is 30.3 Å². The Balaban J connectivity index is 2.16. The first-order valence-electron chi connectivity index (χ1n) is 7.62. The molecule has 20 heavy (non-hydrogen) atoms. The minimum atomic E-state index is -0.600. The molecule has 0 saturated carbocycles. The number of rotatable bonds is 5. The van der Waals surface area contributed by atoms with Crippen LogP contribution in [0.2, 0.25) is 0 Å². The van der Waals surface area contributed by atoms with E-state index in [1.807, 2.05) is 37.4 Å². The van der Waals surface area contributed by atoms with Gasteiger partial charge in [0, 0.05) is 13.1 Å². The van der Waals surface area contributed by atoms with E-state index < -0.39 is 5.54 Å². The second-order valence-electron chi connectivity index (χ2n) is 5.78. The Labute approximate surface area is 122 Å². The van der Waals surface area contributed by atoms with Crippen LogP contribution in [-0.4, -0.2) is 31.6 Å². The lowest BCUT2D eigenvalue weighted by atomic mass is 9.88. The minimum absolute atomic E-state index is 0.600. The van der Waals surface area contributed by atoms with Crippen molar-refractivity contribution in [3.05, 3.63) is 35.9 Å². The van der Waals surface area contributed by atoms with E-state index >= 15 is 0 Å². The van der Waals surface area contributed by atoms with Crippen molar-refractivity contribution in [2.45, 2.75) is 31.7 Å². The van der Waals surface area contributed by atoms with Gasteiger partial charge in [-0.2, -0.15) is 5.26 Å². The van der Waals surface area contributed by atoms with E-state index in [4.69, 9.17) is 0 Å². The predicted molar refractivity (Wildman–Crippen MR) is 82.2 cm³/mol. The summed E-state index contributed by atoms with van der Waals surface area (Å²) in [6.07, 6.45) is 3.82. The summed E-state index contributed by atoms with van der Waals surface area (Å²) in [5.41, 5.74) is 0.459. The molecule has 1 aliphatic rings. The van der Waals surface area contributed by atoms with Crippen molar-refractivity contribution in [2.75, 3.05) is 26.7 Å². The molecule has 0 bridgehead atoms. The zero-order chi connectivity index (χ0) is 14.4. The van der Waals surface area contributed by atoms with Crippen LogP contribution in [-0.2, 0) is 5.54 Å². The molecule has 0 aliphatic carbocycles. The van der Waals surface area contributed by atoms with Crippen LogP contribution in [0, 0.1) is 17.2 Å². The van der Waals surface area contributed by atoms with Crippen molar-refractivity contribution < 1.29 is 0 Å². The summed E-state index contributed by atoms with van der Waals surface area (Å²) in [4.78, 5) is 2.45. The fourth-order valence-corrected chi connectivity index (χ4v) is 3.16.